The molecule has 1 N–H and O–H groups in total. The molecule has 1 heterocycles. The summed E-state index contributed by atoms with van der Waals surface area (Å²) in [6, 6.07) is 1.97. The van der Waals surface area contributed by atoms with Gasteiger partial charge in [-0.2, -0.15) is 0 Å². The number of rotatable bonds is 3. The number of thioether (sulfide) groups is 1. The Bertz CT molecular complexity index is 300. The van der Waals surface area contributed by atoms with Gasteiger partial charge in [-0.15, -0.1) is 11.8 Å². The van der Waals surface area contributed by atoms with Crippen LogP contribution in [-0.4, -0.2) is 16.5 Å². The van der Waals surface area contributed by atoms with Crippen molar-refractivity contribution in [1.29, 1.82) is 0 Å². The van der Waals surface area contributed by atoms with E-state index in [1.54, 1.807) is 18.0 Å². The highest BCUT2D eigenvalue weighted by Gasteiger charge is 2.31. The molecule has 0 aliphatic heterocycles. The van der Waals surface area contributed by atoms with E-state index in [2.05, 4.69) is 0 Å². The molecule has 1 aliphatic rings. The molecule has 1 aromatic heterocycles. The van der Waals surface area contributed by atoms with E-state index in [9.17, 15) is 5.11 Å². The van der Waals surface area contributed by atoms with Crippen molar-refractivity contribution in [3.05, 3.63) is 18.1 Å². The second-order valence-corrected chi connectivity index (χ2v) is 5.08. The van der Waals surface area contributed by atoms with Gasteiger partial charge in [0.15, 0.2) is 0 Å². The molecule has 0 bridgehead atoms. The predicted molar refractivity (Wildman–Crippen MR) is 57.6 cm³/mol. The van der Waals surface area contributed by atoms with Crippen molar-refractivity contribution in [3.8, 4) is 0 Å². The predicted octanol–water partition coefficient (Wildman–Crippen LogP) is 2.99. The summed E-state index contributed by atoms with van der Waals surface area (Å²) in [5, 5.41) is 10.1. The average molecular weight is 212 g/mol. The zero-order valence-electron chi connectivity index (χ0n) is 8.45. The molecule has 0 amide bonds. The number of hydrogen-bond acceptors (Lipinski definition) is 3. The van der Waals surface area contributed by atoms with Crippen molar-refractivity contribution in [2.45, 2.75) is 43.1 Å². The largest absolute Gasteiger partial charge is 0.468 e. The Hall–Kier alpha value is -0.410. The molecule has 2 nitrogen and oxygen atoms in total. The van der Waals surface area contributed by atoms with Gasteiger partial charge in [0.2, 0.25) is 0 Å². The third-order valence-electron chi connectivity index (χ3n) is 2.84. The molecule has 0 spiro atoms. The van der Waals surface area contributed by atoms with Gasteiger partial charge >= 0.3 is 0 Å². The second kappa shape index (κ2) is 3.99. The SMILES string of the molecule is Cc1occc1SCC1(O)CCCC1. The van der Waals surface area contributed by atoms with E-state index >= 15 is 0 Å². The molecule has 78 valence electrons. The third kappa shape index (κ3) is 2.15. The fourth-order valence-electron chi connectivity index (χ4n) is 1.91. The second-order valence-electron chi connectivity index (χ2n) is 4.06. The summed E-state index contributed by atoms with van der Waals surface area (Å²) < 4.78 is 5.21. The van der Waals surface area contributed by atoms with Crippen LogP contribution < -0.4 is 0 Å². The fourth-order valence-corrected chi connectivity index (χ4v) is 3.03. The lowest BCUT2D eigenvalue weighted by atomic mass is 10.1. The quantitative estimate of drug-likeness (QED) is 0.782. The van der Waals surface area contributed by atoms with Crippen LogP contribution in [0.4, 0.5) is 0 Å². The van der Waals surface area contributed by atoms with E-state index in [-0.39, 0.29) is 0 Å². The summed E-state index contributed by atoms with van der Waals surface area (Å²) in [6.07, 6.45) is 5.95. The van der Waals surface area contributed by atoms with Gasteiger partial charge in [0.25, 0.3) is 0 Å². The fraction of sp³-hybridized carbons (Fsp3) is 0.636. The first kappa shape index (κ1) is 10.1. The van der Waals surface area contributed by atoms with Crippen LogP contribution >= 0.6 is 11.8 Å². The van der Waals surface area contributed by atoms with Crippen molar-refractivity contribution >= 4 is 11.8 Å². The smallest absolute Gasteiger partial charge is 0.114 e. The van der Waals surface area contributed by atoms with Crippen LogP contribution in [0, 0.1) is 6.92 Å². The molecule has 1 aliphatic carbocycles. The van der Waals surface area contributed by atoms with Crippen molar-refractivity contribution in [3.63, 3.8) is 0 Å². The van der Waals surface area contributed by atoms with Crippen molar-refractivity contribution in [1.82, 2.24) is 0 Å². The molecule has 0 atom stereocenters. The lowest BCUT2D eigenvalue weighted by molar-refractivity contribution is 0.0732. The number of aryl methyl sites for hydroxylation is 1. The maximum absolute atomic E-state index is 10.1. The standard InChI is InChI=1S/C11H16O2S/c1-9-10(4-7-13-9)14-8-11(12)5-2-3-6-11/h4,7,12H,2-3,5-6,8H2,1H3. The van der Waals surface area contributed by atoms with Crippen LogP contribution in [0.3, 0.4) is 0 Å². The summed E-state index contributed by atoms with van der Waals surface area (Å²) in [6.45, 7) is 1.96. The number of furan rings is 1. The highest BCUT2D eigenvalue weighted by Crippen LogP contribution is 2.35. The first-order chi connectivity index (χ1) is 6.70. The maximum Gasteiger partial charge on any atom is 0.114 e. The van der Waals surface area contributed by atoms with Gasteiger partial charge in [0.05, 0.1) is 11.9 Å². The number of aliphatic hydroxyl groups is 1. The van der Waals surface area contributed by atoms with Crippen molar-refractivity contribution < 1.29 is 9.52 Å². The Balaban J connectivity index is 1.91. The van der Waals surface area contributed by atoms with Crippen LogP contribution in [0.25, 0.3) is 0 Å². The molecule has 3 heteroatoms. The Kier molecular flexibility index (Phi) is 2.88. The molecule has 0 saturated heterocycles. The lowest BCUT2D eigenvalue weighted by Crippen LogP contribution is -2.26. The molecule has 1 aromatic rings. The molecule has 0 aromatic carbocycles. The Labute approximate surface area is 88.7 Å². The van der Waals surface area contributed by atoms with Crippen molar-refractivity contribution in [2.24, 2.45) is 0 Å². The summed E-state index contributed by atoms with van der Waals surface area (Å²) in [5.74, 6) is 1.75. The zero-order chi connectivity index (χ0) is 10.0. The van der Waals surface area contributed by atoms with Crippen molar-refractivity contribution in [2.75, 3.05) is 5.75 Å². The molecule has 1 saturated carbocycles. The van der Waals surface area contributed by atoms with Gasteiger partial charge in [-0.1, -0.05) is 12.8 Å². The monoisotopic (exact) mass is 212 g/mol. The lowest BCUT2D eigenvalue weighted by Gasteiger charge is -2.20. The molecule has 14 heavy (non-hydrogen) atoms. The van der Waals surface area contributed by atoms with E-state index in [4.69, 9.17) is 4.42 Å². The molecule has 0 radical (unpaired) electrons. The zero-order valence-corrected chi connectivity index (χ0v) is 9.27. The summed E-state index contributed by atoms with van der Waals surface area (Å²) in [4.78, 5) is 1.16. The first-order valence-electron chi connectivity index (χ1n) is 5.09. The van der Waals surface area contributed by atoms with Crippen LogP contribution in [0.5, 0.6) is 0 Å². The van der Waals surface area contributed by atoms with E-state index in [1.165, 1.54) is 12.8 Å². The van der Waals surface area contributed by atoms with Crippen LogP contribution in [-0.2, 0) is 0 Å². The minimum Gasteiger partial charge on any atom is -0.468 e. The molecule has 1 fully saturated rings. The summed E-state index contributed by atoms with van der Waals surface area (Å²) in [7, 11) is 0. The van der Waals surface area contributed by atoms with Gasteiger partial charge in [-0.3, -0.25) is 0 Å². The third-order valence-corrected chi connectivity index (χ3v) is 4.26. The van der Waals surface area contributed by atoms with Crippen LogP contribution in [0.1, 0.15) is 31.4 Å². The van der Waals surface area contributed by atoms with Crippen LogP contribution in [0.2, 0.25) is 0 Å². The minimum absolute atomic E-state index is 0.422. The first-order valence-corrected chi connectivity index (χ1v) is 6.07. The molecular formula is C11H16O2S. The van der Waals surface area contributed by atoms with E-state index in [1.807, 2.05) is 13.0 Å². The molecule has 2 rings (SSSR count). The average Bonchev–Trinajstić information content (AvgIpc) is 2.73. The van der Waals surface area contributed by atoms with Gasteiger partial charge in [-0.25, -0.2) is 0 Å². The highest BCUT2D eigenvalue weighted by molar-refractivity contribution is 7.99. The van der Waals surface area contributed by atoms with Gasteiger partial charge in [0, 0.05) is 10.6 Å². The van der Waals surface area contributed by atoms with Gasteiger partial charge < -0.3 is 9.52 Å². The maximum atomic E-state index is 10.1. The molecular weight excluding hydrogens is 196 g/mol. The summed E-state index contributed by atoms with van der Waals surface area (Å²) >= 11 is 1.71. The number of hydrogen-bond donors (Lipinski definition) is 1. The summed E-state index contributed by atoms with van der Waals surface area (Å²) in [5.41, 5.74) is -0.422. The Morgan fingerprint density at radius 2 is 2.21 bits per heavy atom. The van der Waals surface area contributed by atoms with Crippen LogP contribution in [0.15, 0.2) is 21.6 Å². The normalized spacial score (nSPS) is 20.1. The van der Waals surface area contributed by atoms with Gasteiger partial charge in [0.1, 0.15) is 5.76 Å². The Morgan fingerprint density at radius 1 is 1.50 bits per heavy atom. The van der Waals surface area contributed by atoms with Gasteiger partial charge in [-0.05, 0) is 25.8 Å². The highest BCUT2D eigenvalue weighted by atomic mass is 32.2. The molecule has 0 unspecified atom stereocenters. The van der Waals surface area contributed by atoms with E-state index < -0.39 is 5.60 Å². The minimum atomic E-state index is -0.422. The Morgan fingerprint density at radius 3 is 2.79 bits per heavy atom. The topological polar surface area (TPSA) is 33.4 Å². The van der Waals surface area contributed by atoms with E-state index in [0.717, 1.165) is 29.3 Å². The van der Waals surface area contributed by atoms with E-state index in [0.29, 0.717) is 0 Å².